The fraction of sp³-hybridized carbons (Fsp3) is 0.929. The molecule has 0 aromatic heterocycles. The van der Waals surface area contributed by atoms with Gasteiger partial charge in [-0.1, -0.05) is 6.42 Å². The first-order valence-corrected chi connectivity index (χ1v) is 9.73. The molecule has 2 atom stereocenters. The summed E-state index contributed by atoms with van der Waals surface area (Å²) < 4.78 is 23.1. The zero-order valence-electron chi connectivity index (χ0n) is 12.8. The van der Waals surface area contributed by atoms with Gasteiger partial charge in [0.25, 0.3) is 0 Å². The first-order chi connectivity index (χ1) is 9.96. The molecule has 2 saturated heterocycles. The van der Waals surface area contributed by atoms with Gasteiger partial charge in [0.15, 0.2) is 9.84 Å². The van der Waals surface area contributed by atoms with E-state index in [4.69, 9.17) is 0 Å². The predicted octanol–water partition coefficient (Wildman–Crippen LogP) is -0.246. The molecule has 7 heteroatoms. The summed E-state index contributed by atoms with van der Waals surface area (Å²) in [5, 5.41) is 6.05. The molecule has 2 rings (SSSR count). The van der Waals surface area contributed by atoms with Crippen LogP contribution in [0.25, 0.3) is 0 Å². The minimum Gasteiger partial charge on any atom is -0.354 e. The SMILES string of the molecule is CC(CNC(=O)CC1CS(=O)(=O)CCN1)N1CCCCC1. The third-order valence-corrected chi connectivity index (χ3v) is 6.08. The number of hydrogen-bond acceptors (Lipinski definition) is 5. The maximum Gasteiger partial charge on any atom is 0.221 e. The molecule has 0 aliphatic carbocycles. The third kappa shape index (κ3) is 5.56. The quantitative estimate of drug-likeness (QED) is 0.731. The topological polar surface area (TPSA) is 78.5 Å². The van der Waals surface area contributed by atoms with Gasteiger partial charge < -0.3 is 10.6 Å². The molecule has 2 heterocycles. The highest BCUT2D eigenvalue weighted by Crippen LogP contribution is 2.11. The van der Waals surface area contributed by atoms with Gasteiger partial charge in [0.05, 0.1) is 11.5 Å². The second kappa shape index (κ2) is 7.56. The van der Waals surface area contributed by atoms with Crippen LogP contribution in [0, 0.1) is 0 Å². The number of carbonyl (C=O) groups is 1. The Labute approximate surface area is 127 Å². The van der Waals surface area contributed by atoms with Gasteiger partial charge in [-0.25, -0.2) is 8.42 Å². The number of hydrogen-bond donors (Lipinski definition) is 2. The van der Waals surface area contributed by atoms with E-state index in [2.05, 4.69) is 22.5 Å². The van der Waals surface area contributed by atoms with Crippen molar-refractivity contribution in [2.45, 2.75) is 44.7 Å². The molecular formula is C14H27N3O3S. The van der Waals surface area contributed by atoms with Crippen LogP contribution in [0.3, 0.4) is 0 Å². The molecule has 2 aliphatic heterocycles. The average Bonchev–Trinajstić information content (AvgIpc) is 2.44. The Hall–Kier alpha value is -0.660. The van der Waals surface area contributed by atoms with E-state index in [1.54, 1.807) is 0 Å². The molecular weight excluding hydrogens is 290 g/mol. The molecule has 0 radical (unpaired) electrons. The van der Waals surface area contributed by atoms with Crippen LogP contribution in [0.5, 0.6) is 0 Å². The highest BCUT2D eigenvalue weighted by Gasteiger charge is 2.26. The largest absolute Gasteiger partial charge is 0.354 e. The highest BCUT2D eigenvalue weighted by atomic mass is 32.2. The van der Waals surface area contributed by atoms with Crippen LogP contribution < -0.4 is 10.6 Å². The standard InChI is InChI=1S/C14H27N3O3S/c1-12(17-6-3-2-4-7-17)10-16-14(18)9-13-11-21(19,20)8-5-15-13/h12-13,15H,2-11H2,1H3,(H,16,18). The molecule has 0 spiro atoms. The fourth-order valence-electron chi connectivity index (χ4n) is 3.04. The lowest BCUT2D eigenvalue weighted by Crippen LogP contribution is -2.49. The normalized spacial score (nSPS) is 28.0. The lowest BCUT2D eigenvalue weighted by molar-refractivity contribution is -0.121. The molecule has 2 unspecified atom stereocenters. The van der Waals surface area contributed by atoms with Crippen molar-refractivity contribution in [1.29, 1.82) is 0 Å². The average molecular weight is 317 g/mol. The van der Waals surface area contributed by atoms with E-state index in [1.165, 1.54) is 19.3 Å². The summed E-state index contributed by atoms with van der Waals surface area (Å²) in [6.45, 7) is 5.44. The number of rotatable bonds is 5. The van der Waals surface area contributed by atoms with E-state index >= 15 is 0 Å². The zero-order chi connectivity index (χ0) is 15.3. The maximum absolute atomic E-state index is 11.9. The smallest absolute Gasteiger partial charge is 0.221 e. The van der Waals surface area contributed by atoms with Crippen molar-refractivity contribution in [1.82, 2.24) is 15.5 Å². The van der Waals surface area contributed by atoms with Crippen LogP contribution >= 0.6 is 0 Å². The summed E-state index contributed by atoms with van der Waals surface area (Å²) in [5.41, 5.74) is 0. The van der Waals surface area contributed by atoms with Gasteiger partial charge in [0, 0.05) is 31.6 Å². The minimum atomic E-state index is -2.98. The molecule has 2 aliphatic rings. The monoisotopic (exact) mass is 317 g/mol. The summed E-state index contributed by atoms with van der Waals surface area (Å²) in [5.74, 6) is 0.188. The molecule has 0 aromatic rings. The zero-order valence-corrected chi connectivity index (χ0v) is 13.6. The first-order valence-electron chi connectivity index (χ1n) is 7.91. The molecule has 122 valence electrons. The maximum atomic E-state index is 11.9. The molecule has 0 aromatic carbocycles. The van der Waals surface area contributed by atoms with Gasteiger partial charge in [-0.2, -0.15) is 0 Å². The van der Waals surface area contributed by atoms with E-state index in [0.717, 1.165) is 13.1 Å². The van der Waals surface area contributed by atoms with Gasteiger partial charge >= 0.3 is 0 Å². The number of nitrogens with one attached hydrogen (secondary N) is 2. The Morgan fingerprint density at radius 1 is 1.33 bits per heavy atom. The summed E-state index contributed by atoms with van der Waals surface area (Å²) in [7, 11) is -2.98. The highest BCUT2D eigenvalue weighted by molar-refractivity contribution is 7.91. The number of carbonyl (C=O) groups excluding carboxylic acids is 1. The van der Waals surface area contributed by atoms with Crippen LogP contribution in [0.2, 0.25) is 0 Å². The van der Waals surface area contributed by atoms with E-state index in [-0.39, 0.29) is 29.9 Å². The van der Waals surface area contributed by atoms with Crippen molar-refractivity contribution < 1.29 is 13.2 Å². The summed E-state index contributed by atoms with van der Waals surface area (Å²) >= 11 is 0. The van der Waals surface area contributed by atoms with Crippen LogP contribution in [-0.2, 0) is 14.6 Å². The Balaban J connectivity index is 1.69. The van der Waals surface area contributed by atoms with Crippen molar-refractivity contribution in [3.05, 3.63) is 0 Å². The van der Waals surface area contributed by atoms with Gasteiger partial charge in [0.2, 0.25) is 5.91 Å². The molecule has 21 heavy (non-hydrogen) atoms. The van der Waals surface area contributed by atoms with Crippen LogP contribution in [0.4, 0.5) is 0 Å². The number of nitrogens with zero attached hydrogens (tertiary/aromatic N) is 1. The Morgan fingerprint density at radius 3 is 2.71 bits per heavy atom. The number of amides is 1. The summed E-state index contributed by atoms with van der Waals surface area (Å²) in [6, 6.07) is 0.103. The van der Waals surface area contributed by atoms with Gasteiger partial charge in [-0.15, -0.1) is 0 Å². The second-order valence-corrected chi connectivity index (χ2v) is 8.45. The van der Waals surface area contributed by atoms with E-state index < -0.39 is 9.84 Å². The lowest BCUT2D eigenvalue weighted by atomic mass is 10.1. The van der Waals surface area contributed by atoms with Crippen molar-refractivity contribution in [3.8, 4) is 0 Å². The Kier molecular flexibility index (Phi) is 6.01. The lowest BCUT2D eigenvalue weighted by Gasteiger charge is -2.32. The summed E-state index contributed by atoms with van der Waals surface area (Å²) in [4.78, 5) is 14.4. The van der Waals surface area contributed by atoms with E-state index in [1.807, 2.05) is 0 Å². The third-order valence-electron chi connectivity index (χ3n) is 4.34. The second-order valence-electron chi connectivity index (χ2n) is 6.22. The summed E-state index contributed by atoms with van der Waals surface area (Å²) in [6.07, 6.45) is 4.02. The van der Waals surface area contributed by atoms with Gasteiger partial charge in [0.1, 0.15) is 0 Å². The number of sulfone groups is 1. The number of likely N-dealkylation sites (tertiary alicyclic amines) is 1. The molecule has 2 fully saturated rings. The minimum absolute atomic E-state index is 0.0616. The molecule has 2 N–H and O–H groups in total. The molecule has 0 saturated carbocycles. The van der Waals surface area contributed by atoms with Gasteiger partial charge in [-0.3, -0.25) is 9.69 Å². The van der Waals surface area contributed by atoms with Crippen LogP contribution in [0.15, 0.2) is 0 Å². The van der Waals surface area contributed by atoms with Crippen molar-refractivity contribution >= 4 is 15.7 Å². The number of piperidine rings is 1. The predicted molar refractivity (Wildman–Crippen MR) is 83.0 cm³/mol. The fourth-order valence-corrected chi connectivity index (χ4v) is 4.49. The molecule has 1 amide bonds. The Bertz CT molecular complexity index is 446. The van der Waals surface area contributed by atoms with E-state index in [9.17, 15) is 13.2 Å². The van der Waals surface area contributed by atoms with Crippen molar-refractivity contribution in [2.24, 2.45) is 0 Å². The molecule has 6 nitrogen and oxygen atoms in total. The van der Waals surface area contributed by atoms with Crippen molar-refractivity contribution in [3.63, 3.8) is 0 Å². The van der Waals surface area contributed by atoms with Crippen LogP contribution in [-0.4, -0.2) is 69.0 Å². The first kappa shape index (κ1) is 16.7. The molecule has 0 bridgehead atoms. The van der Waals surface area contributed by atoms with Crippen molar-refractivity contribution in [2.75, 3.05) is 37.7 Å². The van der Waals surface area contributed by atoms with Crippen LogP contribution in [0.1, 0.15) is 32.6 Å². The van der Waals surface area contributed by atoms with E-state index in [0.29, 0.717) is 19.1 Å². The Morgan fingerprint density at radius 2 is 2.05 bits per heavy atom. The van der Waals surface area contributed by atoms with Gasteiger partial charge in [-0.05, 0) is 32.9 Å².